The number of primary amides is 1. The van der Waals surface area contributed by atoms with Crippen LogP contribution in [0.2, 0.25) is 0 Å². The number of aliphatic imine (C=N–C) groups is 2. The van der Waals surface area contributed by atoms with Crippen molar-refractivity contribution in [2.45, 2.75) is 114 Å². The average molecular weight is 1180 g/mol. The number of carbonyl (C=O) groups is 10. The molecule has 3 heterocycles. The number of fused-ring (bicyclic) bond motifs is 1. The van der Waals surface area contributed by atoms with Gasteiger partial charge in [-0.1, -0.05) is 70.1 Å². The summed E-state index contributed by atoms with van der Waals surface area (Å²) >= 11 is 0. The van der Waals surface area contributed by atoms with Crippen LogP contribution in [0.4, 0.5) is 0 Å². The van der Waals surface area contributed by atoms with Crippen LogP contribution in [0.1, 0.15) is 63.3 Å². The number of aliphatic carboxylic acids is 1. The van der Waals surface area contributed by atoms with Gasteiger partial charge in [-0.15, -0.1) is 0 Å². The molecule has 0 aliphatic carbocycles. The predicted molar refractivity (Wildman–Crippen MR) is 308 cm³/mol. The summed E-state index contributed by atoms with van der Waals surface area (Å²) in [7, 11) is 2.02. The van der Waals surface area contributed by atoms with E-state index < -0.39 is 107 Å². The number of hydrogen-bond acceptors (Lipinski definition) is 15. The van der Waals surface area contributed by atoms with E-state index in [0.29, 0.717) is 16.8 Å². The molecule has 0 bridgehead atoms. The van der Waals surface area contributed by atoms with Crippen molar-refractivity contribution >= 4 is 104 Å². The van der Waals surface area contributed by atoms with Crippen molar-refractivity contribution in [3.8, 4) is 0 Å². The number of carbonyl (C=O) groups excluding carboxylic acids is 9. The molecule has 5 rings (SSSR count). The molecule has 444 valence electrons. The summed E-state index contributed by atoms with van der Waals surface area (Å²) in [5, 5.41) is 29.6. The molecular weight excluding hydrogens is 1100 g/mol. The van der Waals surface area contributed by atoms with Crippen molar-refractivity contribution in [2.24, 2.45) is 38.7 Å². The molecule has 82 heavy (non-hydrogen) atoms. The third kappa shape index (κ3) is 23.1. The minimum absolute atomic E-state index is 0.0573. The van der Waals surface area contributed by atoms with Crippen LogP contribution in [0.15, 0.2) is 83.3 Å². The first-order chi connectivity index (χ1) is 39.0. The Hall–Kier alpha value is -8.87. The lowest BCUT2D eigenvalue weighted by atomic mass is 10.0. The van der Waals surface area contributed by atoms with Crippen LogP contribution in [0.5, 0.6) is 0 Å². The van der Waals surface area contributed by atoms with E-state index in [9.17, 15) is 43.2 Å². The molecule has 0 saturated carbocycles. The Bertz CT molecular complexity index is 2880. The number of benzene rings is 2. The van der Waals surface area contributed by atoms with Gasteiger partial charge in [0.25, 0.3) is 5.97 Å². The maximum Gasteiger partial charge on any atom is 0.300 e. The van der Waals surface area contributed by atoms with E-state index in [1.807, 2.05) is 18.2 Å². The summed E-state index contributed by atoms with van der Waals surface area (Å²) in [6, 6.07) is 5.16. The van der Waals surface area contributed by atoms with Gasteiger partial charge in [0.15, 0.2) is 11.9 Å². The number of para-hydroxylation sites is 1. The van der Waals surface area contributed by atoms with Gasteiger partial charge in [-0.25, -0.2) is 4.98 Å². The van der Waals surface area contributed by atoms with E-state index in [4.69, 9.17) is 38.6 Å². The topological polar surface area (TPSA) is 486 Å². The number of nitrogens with zero attached hydrogens (tertiary/aromatic N) is 3. The van der Waals surface area contributed by atoms with E-state index >= 15 is 0 Å². The van der Waals surface area contributed by atoms with Gasteiger partial charge in [0.05, 0.1) is 6.33 Å². The number of nitrogens with one attached hydrogen (secondary N) is 10. The molecule has 29 nitrogen and oxygen atoms in total. The summed E-state index contributed by atoms with van der Waals surface area (Å²) in [6.07, 6.45) is 4.53. The van der Waals surface area contributed by atoms with Gasteiger partial charge < -0.3 is 86.3 Å². The molecule has 0 radical (unpaired) electrons. The summed E-state index contributed by atoms with van der Waals surface area (Å²) in [6.45, 7) is 3.83. The second-order valence-electron chi connectivity index (χ2n) is 18.8. The molecule has 0 spiro atoms. The standard InChI is InChI=1S/C49H68N18O9S2.C2H4O2/c1-26-41(70)63-37(20-30-22-55-25-59-30)46(75)64-35(18-28-10-4-3-5-11-28)44(73)62-34(15-9-17-57-49(53)54)43(72)65-36(19-29-21-58-32-13-7-6-12-31(29)32)45(74)66-38(40(50)69)23-77-78-24-39(47(76)60-26)67-42(71)33(61-27(2)68)14-8-16-56-48(51)52;1-2(3)4/h3-7,10-13,21-22,25-26,33-39,58H,8-9,14-20,23-24H2,1-2H3,(H2,50,69)(H,55,59)(H,60,76)(H,61,68)(H,62,73)(H,63,70)(H,64,75)(H,65,72)(H,66,74)(H,67,71)(H4,51,52,56)(H4,53,54,57);1H3,(H,3,4)/t26-,33+,34+,35-,36+,37+,38+,39+;/m1./s1. The predicted octanol–water partition coefficient (Wildman–Crippen LogP) is -3.08. The Morgan fingerprint density at radius 2 is 1.24 bits per heavy atom. The first-order valence-corrected chi connectivity index (χ1v) is 28.3. The zero-order chi connectivity index (χ0) is 60.3. The fourth-order valence-electron chi connectivity index (χ4n) is 8.05. The van der Waals surface area contributed by atoms with Crippen molar-refractivity contribution < 1.29 is 53.1 Å². The Balaban J connectivity index is 0.00000349. The number of rotatable bonds is 18. The van der Waals surface area contributed by atoms with Gasteiger partial charge in [-0.05, 0) is 49.8 Å². The second-order valence-corrected chi connectivity index (χ2v) is 21.3. The van der Waals surface area contributed by atoms with E-state index in [-0.39, 0.29) is 81.5 Å². The molecule has 2 aromatic heterocycles. The van der Waals surface area contributed by atoms with Crippen molar-refractivity contribution in [3.63, 3.8) is 0 Å². The first kappa shape index (κ1) is 65.6. The quantitative estimate of drug-likeness (QED) is 0.0203. The highest BCUT2D eigenvalue weighted by Crippen LogP contribution is 2.24. The van der Waals surface area contributed by atoms with Crippen LogP contribution >= 0.6 is 21.6 Å². The number of aromatic nitrogens is 3. The monoisotopic (exact) mass is 1180 g/mol. The number of H-pyrrole nitrogens is 2. The van der Waals surface area contributed by atoms with Crippen LogP contribution in [0.25, 0.3) is 10.9 Å². The Morgan fingerprint density at radius 1 is 0.683 bits per heavy atom. The molecule has 0 unspecified atom stereocenters. The van der Waals surface area contributed by atoms with Gasteiger partial charge in [-0.3, -0.25) is 57.9 Å². The number of carboxylic acids is 1. The van der Waals surface area contributed by atoms with E-state index in [1.165, 1.54) is 26.4 Å². The van der Waals surface area contributed by atoms with Crippen molar-refractivity contribution in [3.05, 3.63) is 90.1 Å². The lowest BCUT2D eigenvalue weighted by molar-refractivity contribution is -0.135. The van der Waals surface area contributed by atoms with Crippen molar-refractivity contribution in [2.75, 3.05) is 24.6 Å². The lowest BCUT2D eigenvalue weighted by Crippen LogP contribution is -2.61. The third-order valence-corrected chi connectivity index (χ3v) is 14.5. The lowest BCUT2D eigenvalue weighted by Gasteiger charge is -2.27. The fourth-order valence-corrected chi connectivity index (χ4v) is 10.4. The molecule has 1 aliphatic rings. The van der Waals surface area contributed by atoms with Crippen molar-refractivity contribution in [1.29, 1.82) is 0 Å². The number of imidazole rings is 1. The summed E-state index contributed by atoms with van der Waals surface area (Å²) in [4.78, 5) is 153. The molecule has 8 atom stereocenters. The van der Waals surface area contributed by atoms with Crippen LogP contribution in [0.3, 0.4) is 0 Å². The summed E-state index contributed by atoms with van der Waals surface area (Å²) < 4.78 is 0. The van der Waals surface area contributed by atoms with E-state index in [0.717, 1.165) is 39.4 Å². The number of guanidine groups is 2. The Labute approximate surface area is 479 Å². The van der Waals surface area contributed by atoms with E-state index in [2.05, 4.69) is 67.5 Å². The van der Waals surface area contributed by atoms with Crippen LogP contribution < -0.4 is 71.2 Å². The minimum Gasteiger partial charge on any atom is -0.481 e. The maximum absolute atomic E-state index is 14.6. The van der Waals surface area contributed by atoms with Crippen LogP contribution in [0, 0.1) is 0 Å². The van der Waals surface area contributed by atoms with Gasteiger partial charge in [0.1, 0.15) is 48.3 Å². The van der Waals surface area contributed by atoms with Gasteiger partial charge in [-0.2, -0.15) is 0 Å². The molecule has 31 heteroatoms. The summed E-state index contributed by atoms with van der Waals surface area (Å²) in [5.74, 6) is -8.80. The minimum atomic E-state index is -1.40. The molecule has 1 saturated heterocycles. The zero-order valence-electron chi connectivity index (χ0n) is 45.4. The van der Waals surface area contributed by atoms with Crippen molar-refractivity contribution in [1.82, 2.24) is 57.5 Å². The highest BCUT2D eigenvalue weighted by molar-refractivity contribution is 8.76. The first-order valence-electron chi connectivity index (χ1n) is 25.8. The number of aromatic amines is 2. The molecule has 21 N–H and O–H groups in total. The smallest absolute Gasteiger partial charge is 0.300 e. The second kappa shape index (κ2) is 33.7. The van der Waals surface area contributed by atoms with Crippen LogP contribution in [-0.4, -0.2) is 164 Å². The fraction of sp³-hybridized carbons (Fsp3) is 0.431. The third-order valence-electron chi connectivity index (χ3n) is 12.1. The number of hydrogen-bond donors (Lipinski definition) is 16. The van der Waals surface area contributed by atoms with E-state index in [1.54, 1.807) is 42.6 Å². The van der Waals surface area contributed by atoms with Gasteiger partial charge in [0, 0.05) is 86.7 Å². The molecule has 9 amide bonds. The highest BCUT2D eigenvalue weighted by atomic mass is 33.1. The largest absolute Gasteiger partial charge is 0.481 e. The number of carboxylic acid groups (broad SMARTS) is 1. The number of amides is 9. The van der Waals surface area contributed by atoms with Gasteiger partial charge >= 0.3 is 0 Å². The Kier molecular flexibility index (Phi) is 26.9. The average Bonchev–Trinajstić information content (AvgIpc) is 4.11. The molecule has 4 aromatic rings. The highest BCUT2D eigenvalue weighted by Gasteiger charge is 2.35. The Morgan fingerprint density at radius 3 is 1.87 bits per heavy atom. The van der Waals surface area contributed by atoms with Gasteiger partial charge in [0.2, 0.25) is 53.2 Å². The SMILES string of the molecule is CC(=O)N[C@@H](CCCN=C(N)N)C(=O)N[C@H]1CSSC[C@@H](C(N)=O)NC(=O)[C@H](Cc2c[nH]c3ccccc23)NC(=O)[C@H](CCCN=C(N)N)NC(=O)[C@@H](Cc2ccccc2)NC(=O)[C@H](Cc2cnc[nH]2)NC(=O)[C@@H](C)NC1=O.CC(=O)O. The molecule has 1 fully saturated rings. The molecular formula is C51H72N18O11S2. The molecule has 1 aliphatic heterocycles. The maximum atomic E-state index is 14.6. The normalized spacial score (nSPS) is 20.9. The van der Waals surface area contributed by atoms with Crippen LogP contribution in [-0.2, 0) is 67.2 Å². The summed E-state index contributed by atoms with van der Waals surface area (Å²) in [5.41, 5.74) is 30.3. The zero-order valence-corrected chi connectivity index (χ0v) is 47.0. The molecule has 2 aromatic carbocycles. The number of nitrogens with two attached hydrogens (primary N) is 5.